The first-order valence-corrected chi connectivity index (χ1v) is 21.8. The third kappa shape index (κ3) is 7.49. The Morgan fingerprint density at radius 1 is 1.08 bits per heavy atom. The molecule has 320 valence electrons. The maximum Gasteiger partial charge on any atom is 0.319 e. The van der Waals surface area contributed by atoms with Gasteiger partial charge in [0.05, 0.1) is 28.8 Å². The molecule has 0 N–H and O–H groups in total. The first-order valence-electron chi connectivity index (χ1n) is 21.8. The van der Waals surface area contributed by atoms with Crippen molar-refractivity contribution in [2.24, 2.45) is 5.41 Å². The molecular formula is C46H56F3N7O4. The van der Waals surface area contributed by atoms with Crippen LogP contribution in [0.25, 0.3) is 10.9 Å². The molecule has 0 unspecified atom stereocenters. The maximum absolute atomic E-state index is 17.2. The molecule has 5 aliphatic heterocycles. The number of fused-ring (bicyclic) bond motifs is 2. The highest BCUT2D eigenvalue weighted by Gasteiger charge is 2.55. The minimum absolute atomic E-state index is 0.00572. The molecule has 60 heavy (non-hydrogen) atoms. The summed E-state index contributed by atoms with van der Waals surface area (Å²) in [6.07, 6.45) is 16.6. The molecule has 11 nitrogen and oxygen atoms in total. The number of pyridine rings is 1. The summed E-state index contributed by atoms with van der Waals surface area (Å²) in [6, 6.07) is 3.49. The zero-order chi connectivity index (χ0) is 41.8. The molecule has 4 saturated heterocycles. The summed E-state index contributed by atoms with van der Waals surface area (Å²) in [5, 5.41) is 0.356. The van der Waals surface area contributed by atoms with Gasteiger partial charge in [0, 0.05) is 82.1 Å². The van der Waals surface area contributed by atoms with Crippen LogP contribution in [0.1, 0.15) is 93.9 Å². The van der Waals surface area contributed by atoms with Crippen molar-refractivity contribution in [1.82, 2.24) is 29.7 Å². The number of hydrogen-bond acceptors (Lipinski definition) is 10. The van der Waals surface area contributed by atoms with Crippen molar-refractivity contribution in [3.8, 4) is 24.1 Å². The van der Waals surface area contributed by atoms with E-state index in [9.17, 15) is 4.79 Å². The fraction of sp³-hybridized carbons (Fsp3) is 0.609. The Morgan fingerprint density at radius 3 is 2.62 bits per heavy atom. The molecule has 1 aliphatic carbocycles. The number of alkyl halides is 1. The normalized spacial score (nSPS) is 27.3. The van der Waals surface area contributed by atoms with E-state index in [2.05, 4.69) is 39.2 Å². The molecule has 0 radical (unpaired) electrons. The number of carbonyl (C=O) groups is 1. The number of ether oxygens (including phenoxy) is 3. The molecule has 6 aliphatic rings. The van der Waals surface area contributed by atoms with E-state index < -0.39 is 29.3 Å². The number of carbonyl (C=O) groups excluding carboxylic acids is 1. The average Bonchev–Trinajstić information content (AvgIpc) is 3.84. The maximum atomic E-state index is 17.2. The molecule has 1 saturated carbocycles. The quantitative estimate of drug-likeness (QED) is 0.169. The lowest BCUT2D eigenvalue weighted by atomic mass is 9.59. The van der Waals surface area contributed by atoms with Crippen molar-refractivity contribution in [2.75, 3.05) is 71.1 Å². The fourth-order valence-electron chi connectivity index (χ4n) is 11.4. The van der Waals surface area contributed by atoms with Crippen LogP contribution in [0, 0.1) is 29.4 Å². The Morgan fingerprint density at radius 2 is 1.87 bits per heavy atom. The number of halogens is 3. The van der Waals surface area contributed by atoms with Crippen molar-refractivity contribution in [2.45, 2.75) is 107 Å². The van der Waals surface area contributed by atoms with Gasteiger partial charge in [-0.25, -0.2) is 13.2 Å². The highest BCUT2D eigenvalue weighted by Crippen LogP contribution is 2.54. The van der Waals surface area contributed by atoms with Gasteiger partial charge in [0.15, 0.2) is 5.82 Å². The van der Waals surface area contributed by atoms with Crippen LogP contribution in [0.15, 0.2) is 31.0 Å². The summed E-state index contributed by atoms with van der Waals surface area (Å²) in [5.74, 6) is 1.10. The summed E-state index contributed by atoms with van der Waals surface area (Å²) >= 11 is 0. The first-order chi connectivity index (χ1) is 29.0. The van der Waals surface area contributed by atoms with Gasteiger partial charge >= 0.3 is 6.01 Å². The Balaban J connectivity index is 0.991. The zero-order valence-electron chi connectivity index (χ0n) is 34.8. The van der Waals surface area contributed by atoms with Gasteiger partial charge in [-0.2, -0.15) is 9.97 Å². The van der Waals surface area contributed by atoms with Crippen LogP contribution in [0.5, 0.6) is 11.8 Å². The van der Waals surface area contributed by atoms with Gasteiger partial charge in [0.2, 0.25) is 5.91 Å². The molecule has 9 rings (SSSR count). The van der Waals surface area contributed by atoms with Crippen molar-refractivity contribution < 1.29 is 32.2 Å². The highest BCUT2D eigenvalue weighted by atomic mass is 19.1. The van der Waals surface area contributed by atoms with Crippen molar-refractivity contribution in [3.05, 3.63) is 59.4 Å². The number of terminal acetylenes is 1. The van der Waals surface area contributed by atoms with E-state index in [4.69, 9.17) is 25.6 Å². The van der Waals surface area contributed by atoms with Gasteiger partial charge in [0.25, 0.3) is 0 Å². The van der Waals surface area contributed by atoms with E-state index in [-0.39, 0.29) is 54.0 Å². The number of likely N-dealkylation sites (N-methyl/N-ethyl adjacent to an activating group) is 1. The van der Waals surface area contributed by atoms with Gasteiger partial charge in [-0.15, -0.1) is 6.42 Å². The predicted octanol–water partition coefficient (Wildman–Crippen LogP) is 6.42. The van der Waals surface area contributed by atoms with E-state index in [1.807, 2.05) is 11.9 Å². The minimum Gasteiger partial charge on any atom is -0.493 e. The molecule has 14 heteroatoms. The van der Waals surface area contributed by atoms with Gasteiger partial charge in [-0.3, -0.25) is 14.7 Å². The van der Waals surface area contributed by atoms with E-state index in [1.54, 1.807) is 11.1 Å². The van der Waals surface area contributed by atoms with Crippen molar-refractivity contribution in [3.63, 3.8) is 0 Å². The lowest BCUT2D eigenvalue weighted by Gasteiger charge is -2.57. The van der Waals surface area contributed by atoms with Crippen LogP contribution in [0.2, 0.25) is 0 Å². The standard InChI is InChI=1S/C46H56F3N7O4/c1-5-33-36(48)9-10-37-39(33)34(13-21-59-37)41-40(49)42-35(25-50-41)43(53(4)27-31-8-7-16-55(31)38(57)6-2)52-44(51-42)60-28-45(3)22-29(47)26-56(45)32-23-46(24-32)14-17-54(18-15-46)30-11-19-58-20-12-30/h1,6,9-10,25,29-32,34H,2,7-8,11-24,26-28H2,3-4H3/t29-,31+,34+,45+/m1/s1. The Bertz CT molecular complexity index is 2160. The molecule has 3 aromatic rings. The largest absolute Gasteiger partial charge is 0.493 e. The second-order valence-corrected chi connectivity index (χ2v) is 18.3. The van der Waals surface area contributed by atoms with Crippen LogP contribution >= 0.6 is 0 Å². The van der Waals surface area contributed by atoms with Crippen LogP contribution < -0.4 is 14.4 Å². The molecule has 1 spiro atoms. The van der Waals surface area contributed by atoms with Crippen LogP contribution in [0.4, 0.5) is 19.0 Å². The van der Waals surface area contributed by atoms with Crippen LogP contribution in [-0.2, 0) is 9.53 Å². The van der Waals surface area contributed by atoms with Crippen LogP contribution in [-0.4, -0.2) is 132 Å². The average molecular weight is 828 g/mol. The van der Waals surface area contributed by atoms with Gasteiger partial charge in [0.1, 0.15) is 35.7 Å². The van der Waals surface area contributed by atoms with Crippen molar-refractivity contribution >= 4 is 22.6 Å². The molecule has 5 fully saturated rings. The van der Waals surface area contributed by atoms with Crippen LogP contribution in [0.3, 0.4) is 0 Å². The molecule has 4 atom stereocenters. The van der Waals surface area contributed by atoms with Crippen molar-refractivity contribution in [1.29, 1.82) is 0 Å². The zero-order valence-corrected chi connectivity index (χ0v) is 34.8. The summed E-state index contributed by atoms with van der Waals surface area (Å²) in [5.41, 5.74) is 0.127. The SMILES string of the molecule is C#Cc1c(F)ccc2c1[C@@H](c1ncc3c(N(C)C[C@@H]4CCCN4C(=O)C=C)nc(OC[C@]4(C)C[C@@H](F)CN4C4CC5(CCN(C6CCOCC6)CC5)C4)nc3c1F)CCO2. The Kier molecular flexibility index (Phi) is 11.2. The Hall–Kier alpha value is -4.45. The predicted molar refractivity (Wildman–Crippen MR) is 222 cm³/mol. The number of piperidine rings is 1. The second-order valence-electron chi connectivity index (χ2n) is 18.3. The first kappa shape index (κ1) is 40.9. The third-order valence-electron chi connectivity index (χ3n) is 14.6. The number of hydrogen-bond donors (Lipinski definition) is 0. The summed E-state index contributed by atoms with van der Waals surface area (Å²) < 4.78 is 65.5. The smallest absolute Gasteiger partial charge is 0.319 e. The summed E-state index contributed by atoms with van der Waals surface area (Å²) in [6.45, 7) is 11.4. The number of nitrogens with zero attached hydrogens (tertiary/aromatic N) is 7. The minimum atomic E-state index is -0.997. The summed E-state index contributed by atoms with van der Waals surface area (Å²) in [4.78, 5) is 35.5. The number of rotatable bonds is 10. The lowest BCUT2D eigenvalue weighted by molar-refractivity contribution is -0.126. The Labute approximate surface area is 350 Å². The molecule has 0 bridgehead atoms. The molecule has 2 aromatic heterocycles. The number of aromatic nitrogens is 3. The van der Waals surface area contributed by atoms with E-state index in [0.717, 1.165) is 64.8 Å². The van der Waals surface area contributed by atoms with Gasteiger partial charge in [-0.1, -0.05) is 12.5 Å². The number of likely N-dealkylation sites (tertiary alicyclic amines) is 3. The lowest BCUT2D eigenvalue weighted by Crippen LogP contribution is -2.60. The third-order valence-corrected chi connectivity index (χ3v) is 14.6. The molecule has 7 heterocycles. The van der Waals surface area contributed by atoms with E-state index in [0.29, 0.717) is 66.4 Å². The summed E-state index contributed by atoms with van der Waals surface area (Å²) in [7, 11) is 1.84. The highest BCUT2D eigenvalue weighted by molar-refractivity contribution is 5.90. The van der Waals surface area contributed by atoms with Gasteiger partial charge in [-0.05, 0) is 101 Å². The van der Waals surface area contributed by atoms with E-state index >= 15 is 13.2 Å². The van der Waals surface area contributed by atoms with Gasteiger partial charge < -0.3 is 28.9 Å². The fourth-order valence-corrected chi connectivity index (χ4v) is 11.4. The monoisotopic (exact) mass is 827 g/mol. The molecular weight excluding hydrogens is 772 g/mol. The molecule has 1 amide bonds. The van der Waals surface area contributed by atoms with E-state index in [1.165, 1.54) is 31.1 Å². The molecule has 1 aromatic carbocycles. The number of amides is 1. The topological polar surface area (TPSA) is 96.4 Å². The number of benzene rings is 1. The second kappa shape index (κ2) is 16.4. The number of anilines is 1.